The minimum Gasteiger partial charge on any atom is -0.439 e. The van der Waals surface area contributed by atoms with E-state index in [4.69, 9.17) is 9.84 Å². The van der Waals surface area contributed by atoms with E-state index in [0.29, 0.717) is 29.2 Å². The number of carbonyl (C=O) groups is 1. The fourth-order valence-electron chi connectivity index (χ4n) is 1.80. The zero-order chi connectivity index (χ0) is 16.2. The van der Waals surface area contributed by atoms with Crippen LogP contribution in [0.25, 0.3) is 0 Å². The van der Waals surface area contributed by atoms with E-state index < -0.39 is 16.4 Å². The Morgan fingerprint density at radius 2 is 1.86 bits per heavy atom. The highest BCUT2D eigenvalue weighted by Crippen LogP contribution is 2.22. The minimum atomic E-state index is -3.48. The van der Waals surface area contributed by atoms with Crippen molar-refractivity contribution in [3.63, 3.8) is 0 Å². The fraction of sp³-hybridized carbons (Fsp3) is 0.200. The molecule has 0 radical (unpaired) electrons. The first kappa shape index (κ1) is 16.1. The number of pyridine rings is 1. The number of benzene rings is 1. The number of sulfone groups is 1. The Morgan fingerprint density at radius 3 is 2.41 bits per heavy atom. The van der Waals surface area contributed by atoms with Gasteiger partial charge in [0.25, 0.3) is 0 Å². The SMILES string of the molecule is Cc1nc(Oc2ccc(S(=O)(=O)CCO)cc2)ccc1C=O. The molecule has 0 saturated carbocycles. The van der Waals surface area contributed by atoms with Gasteiger partial charge in [-0.3, -0.25) is 4.79 Å². The number of nitrogens with zero attached hydrogens (tertiary/aromatic N) is 1. The number of aliphatic hydroxyl groups excluding tert-OH is 1. The van der Waals surface area contributed by atoms with Crippen molar-refractivity contribution in [3.05, 3.63) is 47.7 Å². The van der Waals surface area contributed by atoms with Crippen molar-refractivity contribution < 1.29 is 23.1 Å². The third kappa shape index (κ3) is 3.69. The van der Waals surface area contributed by atoms with E-state index in [2.05, 4.69) is 4.98 Å². The van der Waals surface area contributed by atoms with E-state index in [1.807, 2.05) is 0 Å². The molecule has 0 amide bonds. The second-order valence-corrected chi connectivity index (χ2v) is 6.67. The van der Waals surface area contributed by atoms with Crippen LogP contribution in [0.2, 0.25) is 0 Å². The summed E-state index contributed by atoms with van der Waals surface area (Å²) in [6.45, 7) is 1.27. The molecule has 0 spiro atoms. The van der Waals surface area contributed by atoms with Crippen LogP contribution in [0.1, 0.15) is 16.1 Å². The number of aliphatic hydroxyl groups is 1. The molecule has 1 aromatic carbocycles. The summed E-state index contributed by atoms with van der Waals surface area (Å²) in [6, 6.07) is 9.00. The van der Waals surface area contributed by atoms with Crippen molar-refractivity contribution in [1.29, 1.82) is 0 Å². The summed E-state index contributed by atoms with van der Waals surface area (Å²) in [6.07, 6.45) is 0.715. The van der Waals surface area contributed by atoms with Gasteiger partial charge in [-0.1, -0.05) is 0 Å². The minimum absolute atomic E-state index is 0.120. The van der Waals surface area contributed by atoms with Crippen LogP contribution in [0, 0.1) is 6.92 Å². The maximum atomic E-state index is 11.8. The predicted molar refractivity (Wildman–Crippen MR) is 80.0 cm³/mol. The second kappa shape index (κ2) is 6.67. The van der Waals surface area contributed by atoms with Crippen LogP contribution in [0.15, 0.2) is 41.3 Å². The molecule has 2 aromatic rings. The van der Waals surface area contributed by atoms with Gasteiger partial charge in [0.2, 0.25) is 5.88 Å². The third-order valence-electron chi connectivity index (χ3n) is 2.99. The number of aryl methyl sites for hydroxylation is 1. The summed E-state index contributed by atoms with van der Waals surface area (Å²) in [5.41, 5.74) is 1.03. The normalized spacial score (nSPS) is 11.2. The zero-order valence-corrected chi connectivity index (χ0v) is 12.7. The summed E-state index contributed by atoms with van der Waals surface area (Å²) in [5.74, 6) is 0.420. The standard InChI is InChI=1S/C15H15NO5S/c1-11-12(10-18)2-7-15(16-11)21-13-3-5-14(6-4-13)22(19,20)9-8-17/h2-7,10,17H,8-9H2,1H3. The van der Waals surface area contributed by atoms with Gasteiger partial charge >= 0.3 is 0 Å². The number of hydrogen-bond donors (Lipinski definition) is 1. The Kier molecular flexibility index (Phi) is 4.89. The second-order valence-electron chi connectivity index (χ2n) is 4.56. The Bertz CT molecular complexity index is 769. The molecule has 1 aromatic heterocycles. The maximum Gasteiger partial charge on any atom is 0.219 e. The Balaban J connectivity index is 2.18. The van der Waals surface area contributed by atoms with E-state index in [-0.39, 0.29) is 10.6 Å². The first-order chi connectivity index (χ1) is 10.5. The molecule has 0 saturated heterocycles. The van der Waals surface area contributed by atoms with E-state index in [1.54, 1.807) is 19.1 Å². The van der Waals surface area contributed by atoms with E-state index in [1.165, 1.54) is 24.3 Å². The highest BCUT2D eigenvalue weighted by Gasteiger charge is 2.13. The first-order valence-corrected chi connectivity index (χ1v) is 8.16. The van der Waals surface area contributed by atoms with Gasteiger partial charge in [-0.05, 0) is 37.3 Å². The van der Waals surface area contributed by atoms with Crippen LogP contribution in [0.3, 0.4) is 0 Å². The topological polar surface area (TPSA) is 93.6 Å². The molecule has 0 fully saturated rings. The number of hydrogen-bond acceptors (Lipinski definition) is 6. The van der Waals surface area contributed by atoms with Crippen molar-refractivity contribution in [2.45, 2.75) is 11.8 Å². The number of rotatable bonds is 6. The van der Waals surface area contributed by atoms with Crippen molar-refractivity contribution in [2.75, 3.05) is 12.4 Å². The van der Waals surface area contributed by atoms with Crippen LogP contribution in [-0.2, 0) is 9.84 Å². The molecule has 6 nitrogen and oxygen atoms in total. The fourth-order valence-corrected chi connectivity index (χ4v) is 2.83. The molecule has 1 heterocycles. The molecule has 0 atom stereocenters. The molecule has 2 rings (SSSR count). The van der Waals surface area contributed by atoms with Gasteiger partial charge in [0.05, 0.1) is 22.9 Å². The molecule has 116 valence electrons. The highest BCUT2D eigenvalue weighted by molar-refractivity contribution is 7.91. The number of carbonyl (C=O) groups excluding carboxylic acids is 1. The van der Waals surface area contributed by atoms with Crippen molar-refractivity contribution >= 4 is 16.1 Å². The molecule has 0 aliphatic rings. The smallest absolute Gasteiger partial charge is 0.219 e. The number of aldehydes is 1. The van der Waals surface area contributed by atoms with Gasteiger partial charge in [-0.15, -0.1) is 0 Å². The molecule has 7 heteroatoms. The molecule has 0 aliphatic heterocycles. The van der Waals surface area contributed by atoms with Gasteiger partial charge in [0.15, 0.2) is 16.1 Å². The third-order valence-corrected chi connectivity index (χ3v) is 4.70. The van der Waals surface area contributed by atoms with Crippen LogP contribution >= 0.6 is 0 Å². The van der Waals surface area contributed by atoms with Crippen LogP contribution < -0.4 is 4.74 Å². The van der Waals surface area contributed by atoms with Crippen molar-refractivity contribution in [1.82, 2.24) is 4.98 Å². The van der Waals surface area contributed by atoms with Gasteiger partial charge < -0.3 is 9.84 Å². The molecular formula is C15H15NO5S. The Labute approximate surface area is 128 Å². The lowest BCUT2D eigenvalue weighted by Gasteiger charge is -2.07. The van der Waals surface area contributed by atoms with E-state index in [0.717, 1.165) is 0 Å². The lowest BCUT2D eigenvalue weighted by atomic mass is 10.2. The van der Waals surface area contributed by atoms with E-state index >= 15 is 0 Å². The summed E-state index contributed by atoms with van der Waals surface area (Å²) in [4.78, 5) is 15.0. The molecule has 22 heavy (non-hydrogen) atoms. The molecule has 0 bridgehead atoms. The summed E-state index contributed by atoms with van der Waals surface area (Å²) in [7, 11) is -3.48. The molecule has 0 unspecified atom stereocenters. The largest absolute Gasteiger partial charge is 0.439 e. The number of aromatic nitrogens is 1. The van der Waals surface area contributed by atoms with Gasteiger partial charge in [-0.25, -0.2) is 13.4 Å². The maximum absolute atomic E-state index is 11.8. The van der Waals surface area contributed by atoms with Gasteiger partial charge in [-0.2, -0.15) is 0 Å². The first-order valence-electron chi connectivity index (χ1n) is 6.50. The highest BCUT2D eigenvalue weighted by atomic mass is 32.2. The predicted octanol–water partition coefficient (Wildman–Crippen LogP) is 1.76. The Hall–Kier alpha value is -2.25. The molecule has 1 N–H and O–H groups in total. The lowest BCUT2D eigenvalue weighted by molar-refractivity contribution is 0.112. The van der Waals surface area contributed by atoms with Crippen LogP contribution in [-0.4, -0.2) is 37.2 Å². The monoisotopic (exact) mass is 321 g/mol. The summed E-state index contributed by atoms with van der Waals surface area (Å²) < 4.78 is 29.1. The van der Waals surface area contributed by atoms with Gasteiger partial charge in [0.1, 0.15) is 5.75 Å². The average Bonchev–Trinajstić information content (AvgIpc) is 2.48. The van der Waals surface area contributed by atoms with Gasteiger partial charge in [0, 0.05) is 11.6 Å². The van der Waals surface area contributed by atoms with Crippen LogP contribution in [0.4, 0.5) is 0 Å². The van der Waals surface area contributed by atoms with Crippen molar-refractivity contribution in [2.24, 2.45) is 0 Å². The van der Waals surface area contributed by atoms with Crippen LogP contribution in [0.5, 0.6) is 11.6 Å². The summed E-state index contributed by atoms with van der Waals surface area (Å²) >= 11 is 0. The zero-order valence-electron chi connectivity index (χ0n) is 11.9. The summed E-state index contributed by atoms with van der Waals surface area (Å²) in [5, 5.41) is 8.74. The molecule has 0 aliphatic carbocycles. The molecular weight excluding hydrogens is 306 g/mol. The average molecular weight is 321 g/mol. The van der Waals surface area contributed by atoms with E-state index in [9.17, 15) is 13.2 Å². The van der Waals surface area contributed by atoms with Crippen molar-refractivity contribution in [3.8, 4) is 11.6 Å². The quantitative estimate of drug-likeness (QED) is 0.815. The lowest BCUT2D eigenvalue weighted by Crippen LogP contribution is -2.09. The Morgan fingerprint density at radius 1 is 1.18 bits per heavy atom. The number of ether oxygens (including phenoxy) is 1.